The minimum absolute atomic E-state index is 0.0488. The van der Waals surface area contributed by atoms with Crippen LogP contribution in [0.1, 0.15) is 62.4 Å². The van der Waals surface area contributed by atoms with Crippen LogP contribution >= 0.6 is 0 Å². The zero-order valence-corrected chi connectivity index (χ0v) is 17.6. The molecule has 1 aromatic carbocycles. The number of carboxylic acid groups (broad SMARTS) is 1. The van der Waals surface area contributed by atoms with Gasteiger partial charge in [-0.25, -0.2) is 0 Å². The maximum absolute atomic E-state index is 10.8. The molecule has 0 spiro atoms. The molecule has 2 aromatic rings. The van der Waals surface area contributed by atoms with Crippen LogP contribution in [0.25, 0.3) is 0 Å². The van der Waals surface area contributed by atoms with Crippen LogP contribution in [-0.2, 0) is 11.2 Å². The number of rotatable bonds is 9. The van der Waals surface area contributed by atoms with E-state index in [1.165, 1.54) is 0 Å². The van der Waals surface area contributed by atoms with Crippen molar-refractivity contribution in [1.82, 2.24) is 10.1 Å². The smallest absolute Gasteiger partial charge is 0.324 e. The minimum atomic E-state index is -0.813. The lowest BCUT2D eigenvalue weighted by molar-refractivity contribution is -0.136. The first-order valence-electron chi connectivity index (χ1n) is 10.4. The standard InChI is InChI=1S/C22H31N3O4/c1-15(2)21-23-22(29-24-21)25-10-8-17(9-11-25)5-4-12-28-19-7-6-18(14-20(26)27)16(3)13-19/h6-7,13,15,17H,4-5,8-12,14H2,1-3H3,(H,26,27). The Balaban J connectivity index is 1.36. The highest BCUT2D eigenvalue weighted by atomic mass is 16.5. The molecule has 1 aliphatic heterocycles. The number of aliphatic carboxylic acids is 1. The highest BCUT2D eigenvalue weighted by molar-refractivity contribution is 5.70. The SMILES string of the molecule is Cc1cc(OCCCC2CCN(c3nc(C(C)C)no3)CC2)ccc1CC(=O)O. The molecule has 0 radical (unpaired) electrons. The summed E-state index contributed by atoms with van der Waals surface area (Å²) in [7, 11) is 0. The van der Waals surface area contributed by atoms with Crippen molar-refractivity contribution >= 4 is 12.0 Å². The van der Waals surface area contributed by atoms with Crippen LogP contribution in [0.5, 0.6) is 5.75 Å². The van der Waals surface area contributed by atoms with Crippen LogP contribution in [0.15, 0.2) is 22.7 Å². The normalized spacial score (nSPS) is 15.1. The number of ether oxygens (including phenoxy) is 1. The molecule has 158 valence electrons. The molecule has 1 fully saturated rings. The third-order valence-corrected chi connectivity index (χ3v) is 5.51. The molecule has 0 bridgehead atoms. The van der Waals surface area contributed by atoms with Crippen LogP contribution in [0.3, 0.4) is 0 Å². The number of hydrogen-bond acceptors (Lipinski definition) is 6. The summed E-state index contributed by atoms with van der Waals surface area (Å²) in [6.45, 7) is 8.64. The first-order chi connectivity index (χ1) is 13.9. The van der Waals surface area contributed by atoms with Gasteiger partial charge >= 0.3 is 12.0 Å². The fraction of sp³-hybridized carbons (Fsp3) is 0.591. The first kappa shape index (κ1) is 21.1. The van der Waals surface area contributed by atoms with Gasteiger partial charge in [0.1, 0.15) is 5.75 Å². The van der Waals surface area contributed by atoms with Gasteiger partial charge in [-0.3, -0.25) is 4.79 Å². The predicted molar refractivity (Wildman–Crippen MR) is 111 cm³/mol. The third kappa shape index (κ3) is 5.95. The van der Waals surface area contributed by atoms with Gasteiger partial charge in [0.25, 0.3) is 0 Å². The van der Waals surface area contributed by atoms with Gasteiger partial charge in [0, 0.05) is 19.0 Å². The van der Waals surface area contributed by atoms with Crippen molar-refractivity contribution in [2.45, 2.75) is 58.8 Å². The number of aryl methyl sites for hydroxylation is 1. The molecule has 7 heteroatoms. The highest BCUT2D eigenvalue weighted by Crippen LogP contribution is 2.26. The van der Waals surface area contributed by atoms with Crippen LogP contribution in [0, 0.1) is 12.8 Å². The maximum atomic E-state index is 10.8. The van der Waals surface area contributed by atoms with Crippen molar-refractivity contribution in [2.75, 3.05) is 24.6 Å². The van der Waals surface area contributed by atoms with Gasteiger partial charge in [-0.15, -0.1) is 0 Å². The number of piperidine rings is 1. The molecular weight excluding hydrogens is 370 g/mol. The molecule has 3 rings (SSSR count). The summed E-state index contributed by atoms with van der Waals surface area (Å²) < 4.78 is 11.3. The minimum Gasteiger partial charge on any atom is -0.494 e. The number of benzene rings is 1. The number of aromatic nitrogens is 2. The lowest BCUT2D eigenvalue weighted by Crippen LogP contribution is -2.34. The highest BCUT2D eigenvalue weighted by Gasteiger charge is 2.23. The lowest BCUT2D eigenvalue weighted by Gasteiger charge is -2.30. The lowest BCUT2D eigenvalue weighted by atomic mass is 9.92. The molecule has 0 aliphatic carbocycles. The van der Waals surface area contributed by atoms with Crippen LogP contribution in [-0.4, -0.2) is 40.9 Å². The van der Waals surface area contributed by atoms with E-state index in [2.05, 4.69) is 28.9 Å². The average molecular weight is 402 g/mol. The summed E-state index contributed by atoms with van der Waals surface area (Å²) in [5, 5.41) is 13.0. The molecule has 1 aromatic heterocycles. The molecular formula is C22H31N3O4. The van der Waals surface area contributed by atoms with Crippen LogP contribution < -0.4 is 9.64 Å². The number of anilines is 1. The van der Waals surface area contributed by atoms with Crippen molar-refractivity contribution < 1.29 is 19.2 Å². The third-order valence-electron chi connectivity index (χ3n) is 5.51. The van der Waals surface area contributed by atoms with Gasteiger partial charge in [0.2, 0.25) is 0 Å². The zero-order valence-electron chi connectivity index (χ0n) is 17.6. The second-order valence-electron chi connectivity index (χ2n) is 8.17. The Morgan fingerprint density at radius 2 is 2.10 bits per heavy atom. The Morgan fingerprint density at radius 1 is 1.34 bits per heavy atom. The van der Waals surface area contributed by atoms with E-state index in [1.807, 2.05) is 25.1 Å². The predicted octanol–water partition coefficient (Wildman–Crippen LogP) is 4.20. The van der Waals surface area contributed by atoms with Crippen molar-refractivity contribution in [1.29, 1.82) is 0 Å². The summed E-state index contributed by atoms with van der Waals surface area (Å²) >= 11 is 0. The molecule has 0 atom stereocenters. The summed E-state index contributed by atoms with van der Waals surface area (Å²) in [6.07, 6.45) is 4.46. The van der Waals surface area contributed by atoms with E-state index < -0.39 is 5.97 Å². The molecule has 0 saturated carbocycles. The van der Waals surface area contributed by atoms with Crippen molar-refractivity contribution in [3.05, 3.63) is 35.2 Å². The summed E-state index contributed by atoms with van der Waals surface area (Å²) in [5.41, 5.74) is 1.79. The molecule has 0 amide bonds. The van der Waals surface area contributed by atoms with E-state index in [9.17, 15) is 4.79 Å². The maximum Gasteiger partial charge on any atom is 0.324 e. The molecule has 1 aliphatic rings. The first-order valence-corrected chi connectivity index (χ1v) is 10.4. The quantitative estimate of drug-likeness (QED) is 0.630. The number of carboxylic acids is 1. The van der Waals surface area contributed by atoms with Gasteiger partial charge in [0.05, 0.1) is 13.0 Å². The number of hydrogen-bond donors (Lipinski definition) is 1. The van der Waals surface area contributed by atoms with E-state index >= 15 is 0 Å². The van der Waals surface area contributed by atoms with Crippen molar-refractivity contribution in [2.24, 2.45) is 5.92 Å². The van der Waals surface area contributed by atoms with Crippen molar-refractivity contribution in [3.8, 4) is 5.75 Å². The largest absolute Gasteiger partial charge is 0.494 e. The Morgan fingerprint density at radius 3 is 2.72 bits per heavy atom. The topological polar surface area (TPSA) is 88.7 Å². The Kier molecular flexibility index (Phi) is 7.12. The van der Waals surface area contributed by atoms with E-state index in [4.69, 9.17) is 14.4 Å². The van der Waals surface area contributed by atoms with Gasteiger partial charge in [-0.2, -0.15) is 4.98 Å². The zero-order chi connectivity index (χ0) is 20.8. The van der Waals surface area contributed by atoms with Gasteiger partial charge in [-0.1, -0.05) is 25.1 Å². The van der Waals surface area contributed by atoms with E-state index in [-0.39, 0.29) is 12.3 Å². The molecule has 7 nitrogen and oxygen atoms in total. The molecule has 2 heterocycles. The van der Waals surface area contributed by atoms with Crippen LogP contribution in [0.2, 0.25) is 0 Å². The summed E-state index contributed by atoms with van der Waals surface area (Å²) in [6, 6.07) is 6.28. The second-order valence-corrected chi connectivity index (χ2v) is 8.17. The summed E-state index contributed by atoms with van der Waals surface area (Å²) in [4.78, 5) is 17.5. The molecule has 1 saturated heterocycles. The molecule has 1 N–H and O–H groups in total. The van der Waals surface area contributed by atoms with E-state index in [0.29, 0.717) is 18.5 Å². The van der Waals surface area contributed by atoms with Gasteiger partial charge in [0.15, 0.2) is 5.82 Å². The number of nitrogens with zero attached hydrogens (tertiary/aromatic N) is 3. The monoisotopic (exact) mass is 401 g/mol. The Bertz CT molecular complexity index is 810. The van der Waals surface area contributed by atoms with Crippen molar-refractivity contribution in [3.63, 3.8) is 0 Å². The summed E-state index contributed by atoms with van der Waals surface area (Å²) in [5.74, 6) is 1.74. The average Bonchev–Trinajstić information content (AvgIpc) is 3.18. The van der Waals surface area contributed by atoms with E-state index in [0.717, 1.165) is 61.5 Å². The van der Waals surface area contributed by atoms with Gasteiger partial charge in [-0.05, 0) is 61.8 Å². The molecule has 0 unspecified atom stereocenters. The van der Waals surface area contributed by atoms with E-state index in [1.54, 1.807) is 0 Å². The number of carbonyl (C=O) groups is 1. The van der Waals surface area contributed by atoms with Crippen LogP contribution in [0.4, 0.5) is 6.01 Å². The fourth-order valence-electron chi connectivity index (χ4n) is 3.68. The Labute approximate surface area is 172 Å². The fourth-order valence-corrected chi connectivity index (χ4v) is 3.68. The second kappa shape index (κ2) is 9.76. The Hall–Kier alpha value is -2.57. The molecule has 29 heavy (non-hydrogen) atoms. The van der Waals surface area contributed by atoms with Gasteiger partial charge < -0.3 is 19.3 Å².